The van der Waals surface area contributed by atoms with E-state index in [2.05, 4.69) is 4.72 Å². The highest BCUT2D eigenvalue weighted by Gasteiger charge is 2.25. The first kappa shape index (κ1) is 17.7. The summed E-state index contributed by atoms with van der Waals surface area (Å²) >= 11 is 0. The Kier molecular flexibility index (Phi) is 4.25. The number of carbonyl (C=O) groups is 1. The monoisotopic (exact) mass is 381 g/mol. The lowest BCUT2D eigenvalue weighted by molar-refractivity contribution is -0.144. The molecular weight excluding hydrogens is 362 g/mol. The summed E-state index contributed by atoms with van der Waals surface area (Å²) in [7, 11) is -3.90. The number of hydrogen-bond acceptors (Lipinski definition) is 4. The molecule has 0 aliphatic heterocycles. The van der Waals surface area contributed by atoms with Crippen LogP contribution in [0.4, 0.5) is 0 Å². The summed E-state index contributed by atoms with van der Waals surface area (Å²) in [6, 6.07) is 16.2. The molecule has 0 bridgehead atoms. The SMILES string of the molecule is CCOC(=O)[C@H](C)NS(=O)(=O)c1ccc2ccc3cccc4ccc1c2c34. The summed E-state index contributed by atoms with van der Waals surface area (Å²) in [6.07, 6.45) is 0. The topological polar surface area (TPSA) is 72.5 Å². The van der Waals surface area contributed by atoms with Crippen molar-refractivity contribution < 1.29 is 17.9 Å². The molecule has 4 rings (SSSR count). The highest BCUT2D eigenvalue weighted by molar-refractivity contribution is 7.89. The van der Waals surface area contributed by atoms with Crippen LogP contribution in [0.3, 0.4) is 0 Å². The van der Waals surface area contributed by atoms with Gasteiger partial charge in [0.15, 0.2) is 0 Å². The number of benzene rings is 4. The molecule has 1 atom stereocenters. The van der Waals surface area contributed by atoms with E-state index in [1.54, 1.807) is 19.1 Å². The standard InChI is InChI=1S/C21H19NO4S/c1-3-26-21(23)13(2)22-27(24,25)18-12-10-16-8-7-14-5-4-6-15-9-11-17(18)20(16)19(14)15/h4-13,22H,3H2,1-2H3/t13-/m0/s1. The molecule has 0 spiro atoms. The molecule has 1 N–H and O–H groups in total. The largest absolute Gasteiger partial charge is 0.465 e. The maximum atomic E-state index is 13.0. The van der Waals surface area contributed by atoms with Gasteiger partial charge in [0.05, 0.1) is 11.5 Å². The van der Waals surface area contributed by atoms with E-state index in [4.69, 9.17) is 4.74 Å². The number of esters is 1. The molecule has 0 saturated carbocycles. The Morgan fingerprint density at radius 3 is 2.22 bits per heavy atom. The molecule has 0 aliphatic rings. The number of carbonyl (C=O) groups excluding carboxylic acids is 1. The average Bonchev–Trinajstić information content (AvgIpc) is 2.65. The molecule has 0 fully saturated rings. The zero-order valence-corrected chi connectivity index (χ0v) is 15.8. The maximum Gasteiger partial charge on any atom is 0.323 e. The number of nitrogens with one attached hydrogen (secondary N) is 1. The van der Waals surface area contributed by atoms with Crippen LogP contribution in [0.25, 0.3) is 32.3 Å². The molecule has 0 saturated heterocycles. The van der Waals surface area contributed by atoms with Gasteiger partial charge in [-0.25, -0.2) is 8.42 Å². The molecule has 0 radical (unpaired) electrons. The molecule has 0 heterocycles. The molecule has 0 unspecified atom stereocenters. The lowest BCUT2D eigenvalue weighted by Crippen LogP contribution is -2.39. The fourth-order valence-corrected chi connectivity index (χ4v) is 4.95. The van der Waals surface area contributed by atoms with E-state index >= 15 is 0 Å². The van der Waals surface area contributed by atoms with Crippen molar-refractivity contribution in [1.82, 2.24) is 4.72 Å². The van der Waals surface area contributed by atoms with Crippen molar-refractivity contribution in [1.29, 1.82) is 0 Å². The van der Waals surface area contributed by atoms with Crippen LogP contribution in [0, 0.1) is 0 Å². The highest BCUT2D eigenvalue weighted by atomic mass is 32.2. The van der Waals surface area contributed by atoms with Crippen molar-refractivity contribution >= 4 is 48.3 Å². The molecule has 138 valence electrons. The Balaban J connectivity index is 1.90. The molecule has 0 aromatic heterocycles. The smallest absolute Gasteiger partial charge is 0.323 e. The van der Waals surface area contributed by atoms with Crippen molar-refractivity contribution in [2.24, 2.45) is 0 Å². The molecule has 4 aromatic rings. The van der Waals surface area contributed by atoms with Crippen LogP contribution in [0.5, 0.6) is 0 Å². The summed E-state index contributed by atoms with van der Waals surface area (Å²) in [5, 5.41) is 5.70. The summed E-state index contributed by atoms with van der Waals surface area (Å²) in [5.74, 6) is -0.598. The van der Waals surface area contributed by atoms with E-state index in [0.29, 0.717) is 5.39 Å². The minimum Gasteiger partial charge on any atom is -0.465 e. The summed E-state index contributed by atoms with van der Waals surface area (Å²) < 4.78 is 33.3. The molecule has 0 aliphatic carbocycles. The van der Waals surface area contributed by atoms with Crippen LogP contribution in [0.15, 0.2) is 59.5 Å². The summed E-state index contributed by atoms with van der Waals surface area (Å²) in [6.45, 7) is 3.36. The van der Waals surface area contributed by atoms with Gasteiger partial charge in [-0.05, 0) is 46.8 Å². The quantitative estimate of drug-likeness (QED) is 0.421. The molecule has 27 heavy (non-hydrogen) atoms. The first-order valence-corrected chi connectivity index (χ1v) is 10.3. The normalized spacial score (nSPS) is 13.4. The first-order valence-electron chi connectivity index (χ1n) is 8.78. The van der Waals surface area contributed by atoms with Crippen LogP contribution < -0.4 is 4.72 Å². The minimum atomic E-state index is -3.90. The van der Waals surface area contributed by atoms with Gasteiger partial charge in [-0.15, -0.1) is 0 Å². The van der Waals surface area contributed by atoms with Gasteiger partial charge in [0, 0.05) is 5.39 Å². The molecule has 5 nitrogen and oxygen atoms in total. The van der Waals surface area contributed by atoms with Crippen molar-refractivity contribution in [3.8, 4) is 0 Å². The van der Waals surface area contributed by atoms with E-state index in [1.807, 2.05) is 42.5 Å². The fourth-order valence-electron chi connectivity index (χ4n) is 3.55. The lowest BCUT2D eigenvalue weighted by Gasteiger charge is -2.16. The van der Waals surface area contributed by atoms with E-state index in [0.717, 1.165) is 26.9 Å². The van der Waals surface area contributed by atoms with Crippen molar-refractivity contribution in [3.63, 3.8) is 0 Å². The Bertz CT molecular complexity index is 1250. The van der Waals surface area contributed by atoms with Crippen molar-refractivity contribution in [2.75, 3.05) is 6.61 Å². The van der Waals surface area contributed by atoms with E-state index < -0.39 is 22.0 Å². The fraction of sp³-hybridized carbons (Fsp3) is 0.190. The van der Waals surface area contributed by atoms with Gasteiger partial charge in [-0.1, -0.05) is 48.5 Å². The number of ether oxygens (including phenoxy) is 1. The van der Waals surface area contributed by atoms with Crippen molar-refractivity contribution in [2.45, 2.75) is 24.8 Å². The summed E-state index contributed by atoms with van der Waals surface area (Å²) in [5.41, 5.74) is 0. The second-order valence-electron chi connectivity index (χ2n) is 6.51. The predicted octanol–water partition coefficient (Wildman–Crippen LogP) is 3.81. The number of hydrogen-bond donors (Lipinski definition) is 1. The maximum absolute atomic E-state index is 13.0. The van der Waals surface area contributed by atoms with Gasteiger partial charge in [-0.3, -0.25) is 4.79 Å². The van der Waals surface area contributed by atoms with Crippen LogP contribution in [0.1, 0.15) is 13.8 Å². The van der Waals surface area contributed by atoms with Gasteiger partial charge in [0.1, 0.15) is 6.04 Å². The lowest BCUT2D eigenvalue weighted by atomic mass is 9.94. The zero-order valence-electron chi connectivity index (χ0n) is 15.0. The second-order valence-corrected chi connectivity index (χ2v) is 8.20. The Labute approximate surface area is 157 Å². The van der Waals surface area contributed by atoms with Crippen LogP contribution in [-0.4, -0.2) is 27.0 Å². The van der Waals surface area contributed by atoms with Gasteiger partial charge < -0.3 is 4.74 Å². The summed E-state index contributed by atoms with van der Waals surface area (Å²) in [4.78, 5) is 12.0. The minimum absolute atomic E-state index is 0.157. The Morgan fingerprint density at radius 1 is 0.963 bits per heavy atom. The number of rotatable bonds is 5. The van der Waals surface area contributed by atoms with Gasteiger partial charge in [0.2, 0.25) is 10.0 Å². The van der Waals surface area contributed by atoms with E-state index in [9.17, 15) is 13.2 Å². The van der Waals surface area contributed by atoms with Crippen LogP contribution in [-0.2, 0) is 19.6 Å². The Morgan fingerprint density at radius 2 is 1.56 bits per heavy atom. The van der Waals surface area contributed by atoms with E-state index in [1.165, 1.54) is 6.92 Å². The van der Waals surface area contributed by atoms with Gasteiger partial charge in [-0.2, -0.15) is 4.72 Å². The average molecular weight is 381 g/mol. The first-order chi connectivity index (χ1) is 12.9. The Hall–Kier alpha value is -2.70. The van der Waals surface area contributed by atoms with Crippen molar-refractivity contribution in [3.05, 3.63) is 54.6 Å². The third-order valence-electron chi connectivity index (χ3n) is 4.75. The third kappa shape index (κ3) is 2.91. The van der Waals surface area contributed by atoms with Crippen LogP contribution >= 0.6 is 0 Å². The third-order valence-corrected chi connectivity index (χ3v) is 6.35. The molecular formula is C21H19NO4S. The molecule has 6 heteroatoms. The molecule has 4 aromatic carbocycles. The highest BCUT2D eigenvalue weighted by Crippen LogP contribution is 2.37. The zero-order chi connectivity index (χ0) is 19.2. The van der Waals surface area contributed by atoms with Gasteiger partial charge in [0.25, 0.3) is 0 Å². The number of sulfonamides is 1. The van der Waals surface area contributed by atoms with E-state index in [-0.39, 0.29) is 11.5 Å². The molecule has 0 amide bonds. The van der Waals surface area contributed by atoms with Crippen LogP contribution in [0.2, 0.25) is 0 Å². The second kappa shape index (κ2) is 6.48. The van der Waals surface area contributed by atoms with Gasteiger partial charge >= 0.3 is 5.97 Å². The predicted molar refractivity (Wildman–Crippen MR) is 107 cm³/mol.